The summed E-state index contributed by atoms with van der Waals surface area (Å²) in [6.07, 6.45) is -0.164. The number of benzene rings is 1. The van der Waals surface area contributed by atoms with Crippen LogP contribution < -0.4 is 21.7 Å². The maximum absolute atomic E-state index is 13.1. The summed E-state index contributed by atoms with van der Waals surface area (Å²) in [6.45, 7) is 6.75. The molecule has 0 aliphatic carbocycles. The number of nitrogens with one attached hydrogen (secondary N) is 3. The van der Waals surface area contributed by atoms with Crippen molar-refractivity contribution in [2.45, 2.75) is 71.1 Å². The molecule has 0 aliphatic heterocycles. The second kappa shape index (κ2) is 14.0. The zero-order valence-electron chi connectivity index (χ0n) is 20.9. The van der Waals surface area contributed by atoms with E-state index < -0.39 is 66.2 Å². The second-order valence-electron chi connectivity index (χ2n) is 9.08. The van der Waals surface area contributed by atoms with Crippen molar-refractivity contribution >= 4 is 29.7 Å². The molecule has 0 bridgehead atoms. The summed E-state index contributed by atoms with van der Waals surface area (Å²) in [5.41, 5.74) is 6.17. The lowest BCUT2D eigenvalue weighted by atomic mass is 9.97. The van der Waals surface area contributed by atoms with Gasteiger partial charge >= 0.3 is 11.9 Å². The van der Waals surface area contributed by atoms with E-state index in [0.29, 0.717) is 12.0 Å². The second-order valence-corrected chi connectivity index (χ2v) is 9.08. The molecule has 5 unspecified atom stereocenters. The molecule has 0 spiro atoms. The number of aliphatic carboxylic acids is 2. The van der Waals surface area contributed by atoms with E-state index in [1.165, 1.54) is 12.1 Å². The van der Waals surface area contributed by atoms with Gasteiger partial charge in [-0.3, -0.25) is 19.2 Å². The van der Waals surface area contributed by atoms with Crippen LogP contribution in [0.2, 0.25) is 0 Å². The van der Waals surface area contributed by atoms with Gasteiger partial charge in [-0.05, 0) is 29.5 Å². The maximum Gasteiger partial charge on any atom is 0.326 e. The topological polar surface area (TPSA) is 208 Å². The Labute approximate surface area is 209 Å². The van der Waals surface area contributed by atoms with Gasteiger partial charge in [0.25, 0.3) is 0 Å². The van der Waals surface area contributed by atoms with E-state index in [0.717, 1.165) is 0 Å². The average Bonchev–Trinajstić information content (AvgIpc) is 2.79. The molecule has 1 aromatic rings. The highest BCUT2D eigenvalue weighted by molar-refractivity contribution is 5.95. The lowest BCUT2D eigenvalue weighted by Gasteiger charge is -2.28. The molecule has 0 aromatic heterocycles. The first kappa shape index (κ1) is 30.4. The fourth-order valence-electron chi connectivity index (χ4n) is 3.35. The lowest BCUT2D eigenvalue weighted by Crippen LogP contribution is -2.59. The molecular formula is C24H36N4O8. The van der Waals surface area contributed by atoms with E-state index in [2.05, 4.69) is 16.0 Å². The van der Waals surface area contributed by atoms with Crippen LogP contribution in [0.4, 0.5) is 0 Å². The van der Waals surface area contributed by atoms with Crippen molar-refractivity contribution in [3.05, 3.63) is 29.8 Å². The predicted molar refractivity (Wildman–Crippen MR) is 130 cm³/mol. The third-order valence-corrected chi connectivity index (χ3v) is 5.76. The van der Waals surface area contributed by atoms with Crippen molar-refractivity contribution in [1.82, 2.24) is 16.0 Å². The largest absolute Gasteiger partial charge is 0.508 e. The number of phenolic OH excluding ortho intramolecular Hbond substituents is 1. The fraction of sp³-hybridized carbons (Fsp3) is 0.542. The molecule has 3 amide bonds. The Morgan fingerprint density at radius 2 is 1.42 bits per heavy atom. The molecule has 12 nitrogen and oxygen atoms in total. The zero-order chi connectivity index (χ0) is 27.6. The standard InChI is InChI=1S/C24H36N4O8/c1-5-13(4)20(24(35)36)28-22(33)17(10-14-6-8-15(29)9-7-14)26-23(34)19(12(2)3)27-21(32)16(25)11-18(30)31/h6-9,12-13,16-17,19-20,29H,5,10-11,25H2,1-4H3,(H,26,34)(H,27,32)(H,28,33)(H,30,31)(H,35,36). The average molecular weight is 509 g/mol. The minimum absolute atomic E-state index is 0.00628. The van der Waals surface area contributed by atoms with Crippen LogP contribution >= 0.6 is 0 Å². The van der Waals surface area contributed by atoms with Crippen molar-refractivity contribution in [1.29, 1.82) is 0 Å². The Balaban J connectivity index is 3.16. The van der Waals surface area contributed by atoms with Crippen LogP contribution in [0.25, 0.3) is 0 Å². The Kier molecular flexibility index (Phi) is 11.8. The summed E-state index contributed by atoms with van der Waals surface area (Å²) in [5, 5.41) is 35.4. The number of hydrogen-bond donors (Lipinski definition) is 7. The molecule has 36 heavy (non-hydrogen) atoms. The Morgan fingerprint density at radius 3 is 1.89 bits per heavy atom. The molecule has 0 saturated heterocycles. The van der Waals surface area contributed by atoms with E-state index in [4.69, 9.17) is 10.8 Å². The first-order chi connectivity index (χ1) is 16.8. The van der Waals surface area contributed by atoms with Crippen LogP contribution in [0.3, 0.4) is 0 Å². The van der Waals surface area contributed by atoms with Gasteiger partial charge in [0, 0.05) is 6.42 Å². The van der Waals surface area contributed by atoms with Crippen LogP contribution in [0.5, 0.6) is 5.75 Å². The molecule has 1 rings (SSSR count). The van der Waals surface area contributed by atoms with Crippen molar-refractivity contribution in [2.24, 2.45) is 17.6 Å². The van der Waals surface area contributed by atoms with Gasteiger partial charge in [-0.25, -0.2) is 4.79 Å². The highest BCUT2D eigenvalue weighted by Gasteiger charge is 2.33. The lowest BCUT2D eigenvalue weighted by molar-refractivity contribution is -0.143. The van der Waals surface area contributed by atoms with Crippen molar-refractivity contribution in [3.63, 3.8) is 0 Å². The number of hydrogen-bond acceptors (Lipinski definition) is 7. The summed E-state index contributed by atoms with van der Waals surface area (Å²) in [7, 11) is 0. The third kappa shape index (κ3) is 9.53. The summed E-state index contributed by atoms with van der Waals surface area (Å²) < 4.78 is 0. The van der Waals surface area contributed by atoms with Gasteiger partial charge in [0.2, 0.25) is 17.7 Å². The molecule has 12 heteroatoms. The van der Waals surface area contributed by atoms with E-state index in [-0.39, 0.29) is 18.1 Å². The number of rotatable bonds is 14. The van der Waals surface area contributed by atoms with Crippen LogP contribution in [0.1, 0.15) is 46.1 Å². The number of carbonyl (C=O) groups is 5. The number of carboxylic acids is 2. The van der Waals surface area contributed by atoms with Crippen molar-refractivity contribution in [3.8, 4) is 5.75 Å². The Bertz CT molecular complexity index is 935. The molecule has 0 aliphatic rings. The molecule has 0 heterocycles. The van der Waals surface area contributed by atoms with Crippen LogP contribution in [-0.2, 0) is 30.4 Å². The van der Waals surface area contributed by atoms with Crippen molar-refractivity contribution < 1.29 is 39.3 Å². The first-order valence-corrected chi connectivity index (χ1v) is 11.7. The normalized spacial score (nSPS) is 15.2. The van der Waals surface area contributed by atoms with Gasteiger partial charge in [0.05, 0.1) is 12.5 Å². The highest BCUT2D eigenvalue weighted by atomic mass is 16.4. The van der Waals surface area contributed by atoms with Crippen molar-refractivity contribution in [2.75, 3.05) is 0 Å². The summed E-state index contributed by atoms with van der Waals surface area (Å²) in [6, 6.07) is 1.01. The molecule has 5 atom stereocenters. The fourth-order valence-corrected chi connectivity index (χ4v) is 3.35. The summed E-state index contributed by atoms with van der Waals surface area (Å²) in [5.74, 6) is -5.61. The number of carbonyl (C=O) groups excluding carboxylic acids is 3. The smallest absolute Gasteiger partial charge is 0.326 e. The van der Waals surface area contributed by atoms with Gasteiger partial charge in [0.1, 0.15) is 23.9 Å². The van der Waals surface area contributed by atoms with Gasteiger partial charge in [-0.2, -0.15) is 0 Å². The third-order valence-electron chi connectivity index (χ3n) is 5.76. The van der Waals surface area contributed by atoms with Gasteiger partial charge in [-0.15, -0.1) is 0 Å². The first-order valence-electron chi connectivity index (χ1n) is 11.7. The molecular weight excluding hydrogens is 472 g/mol. The zero-order valence-corrected chi connectivity index (χ0v) is 20.9. The predicted octanol–water partition coefficient (Wildman–Crippen LogP) is -0.0222. The minimum Gasteiger partial charge on any atom is -0.508 e. The van der Waals surface area contributed by atoms with Gasteiger partial charge in [0.15, 0.2) is 0 Å². The summed E-state index contributed by atoms with van der Waals surface area (Å²) in [4.78, 5) is 61.1. The number of amides is 3. The van der Waals surface area contributed by atoms with E-state index in [9.17, 15) is 34.2 Å². The molecule has 0 fully saturated rings. The van der Waals surface area contributed by atoms with Crippen LogP contribution in [0, 0.1) is 11.8 Å². The number of carboxylic acid groups (broad SMARTS) is 2. The molecule has 1 aromatic carbocycles. The SMILES string of the molecule is CCC(C)C(NC(=O)C(Cc1ccc(O)cc1)NC(=O)C(NC(=O)C(N)CC(=O)O)C(C)C)C(=O)O. The quantitative estimate of drug-likeness (QED) is 0.180. The molecule has 0 saturated carbocycles. The Morgan fingerprint density at radius 1 is 0.861 bits per heavy atom. The highest BCUT2D eigenvalue weighted by Crippen LogP contribution is 2.14. The molecule has 8 N–H and O–H groups in total. The van der Waals surface area contributed by atoms with E-state index in [1.807, 2.05) is 0 Å². The van der Waals surface area contributed by atoms with Gasteiger partial charge < -0.3 is 37.0 Å². The number of phenols is 1. The van der Waals surface area contributed by atoms with Gasteiger partial charge in [-0.1, -0.05) is 46.2 Å². The molecule has 200 valence electrons. The van der Waals surface area contributed by atoms with Crippen LogP contribution in [-0.4, -0.2) is 69.1 Å². The number of nitrogens with two attached hydrogens (primary N) is 1. The minimum atomic E-state index is -1.38. The van der Waals surface area contributed by atoms with Crippen LogP contribution in [0.15, 0.2) is 24.3 Å². The summed E-state index contributed by atoms with van der Waals surface area (Å²) >= 11 is 0. The van der Waals surface area contributed by atoms with E-state index in [1.54, 1.807) is 39.8 Å². The van der Waals surface area contributed by atoms with E-state index >= 15 is 0 Å². The monoisotopic (exact) mass is 508 g/mol. The molecule has 0 radical (unpaired) electrons. The number of aromatic hydroxyl groups is 1. The maximum atomic E-state index is 13.1. The Hall–Kier alpha value is -3.67.